The highest BCUT2D eigenvalue weighted by molar-refractivity contribution is 6.37. The molecule has 0 aliphatic heterocycles. The number of nitrogens with two attached hydrogens (primary N) is 1. The van der Waals surface area contributed by atoms with Crippen LogP contribution in [0.4, 0.5) is 4.79 Å². The maximum Gasteiger partial charge on any atom is 0.404 e. The first kappa shape index (κ1) is 19.5. The van der Waals surface area contributed by atoms with Crippen molar-refractivity contribution in [2.45, 2.75) is 96.2 Å². The van der Waals surface area contributed by atoms with Crippen LogP contribution < -0.4 is 5.73 Å². The first-order valence-corrected chi connectivity index (χ1v) is 10.5. The summed E-state index contributed by atoms with van der Waals surface area (Å²) < 4.78 is 5.23. The lowest BCUT2D eigenvalue weighted by Crippen LogP contribution is -2.27. The number of hydrogen-bond acceptors (Lipinski definition) is 2. The summed E-state index contributed by atoms with van der Waals surface area (Å²) in [4.78, 5) is 10.9. The maximum atomic E-state index is 10.9. The molecule has 1 unspecified atom stereocenters. The predicted octanol–water partition coefficient (Wildman–Crippen LogP) is 4.33. The fourth-order valence-corrected chi connectivity index (χ4v) is 4.26. The standard InChI is InChI=1S/C16H35NO2Si/c1-3-5-6-7-8-9-10-11-12-13-15(19-16(17)18)20-14-4-2/h15H,3-14,20H2,1-2H3,(H2,17,18). The summed E-state index contributed by atoms with van der Waals surface area (Å²) in [5.41, 5.74) is 5.31. The number of rotatable bonds is 14. The molecule has 3 nitrogen and oxygen atoms in total. The summed E-state index contributed by atoms with van der Waals surface area (Å²) in [7, 11) is -0.294. The Kier molecular flexibility index (Phi) is 14.5. The summed E-state index contributed by atoms with van der Waals surface area (Å²) in [6.07, 6.45) is 13.7. The van der Waals surface area contributed by atoms with E-state index in [9.17, 15) is 4.79 Å². The van der Waals surface area contributed by atoms with Crippen LogP contribution >= 0.6 is 0 Å². The van der Waals surface area contributed by atoms with E-state index in [1.807, 2.05) is 0 Å². The van der Waals surface area contributed by atoms with E-state index in [4.69, 9.17) is 10.5 Å². The topological polar surface area (TPSA) is 52.3 Å². The summed E-state index contributed by atoms with van der Waals surface area (Å²) in [5, 5.41) is 0. The van der Waals surface area contributed by atoms with Crippen LogP contribution in [0.2, 0.25) is 6.04 Å². The molecule has 4 heteroatoms. The second-order valence-corrected chi connectivity index (χ2v) is 8.01. The molecular weight excluding hydrogens is 266 g/mol. The zero-order valence-corrected chi connectivity index (χ0v) is 15.1. The van der Waals surface area contributed by atoms with Gasteiger partial charge >= 0.3 is 6.09 Å². The van der Waals surface area contributed by atoms with Gasteiger partial charge in [-0.25, -0.2) is 4.79 Å². The SMILES string of the molecule is CCCCCCCCCCCC(OC(N)=O)[SiH2]CCC. The predicted molar refractivity (Wildman–Crippen MR) is 89.9 cm³/mol. The lowest BCUT2D eigenvalue weighted by molar-refractivity contribution is 0.136. The van der Waals surface area contributed by atoms with Gasteiger partial charge in [-0.2, -0.15) is 0 Å². The van der Waals surface area contributed by atoms with Crippen molar-refractivity contribution < 1.29 is 9.53 Å². The third kappa shape index (κ3) is 13.9. The van der Waals surface area contributed by atoms with Crippen LogP contribution in [0.3, 0.4) is 0 Å². The molecule has 0 rings (SSSR count). The van der Waals surface area contributed by atoms with Crippen LogP contribution in [0, 0.1) is 0 Å². The normalized spacial score (nSPS) is 12.9. The van der Waals surface area contributed by atoms with Gasteiger partial charge in [0.05, 0.1) is 15.2 Å². The Morgan fingerprint density at radius 1 is 0.950 bits per heavy atom. The highest BCUT2D eigenvalue weighted by atomic mass is 28.2. The second-order valence-electron chi connectivity index (χ2n) is 5.82. The molecule has 0 fully saturated rings. The van der Waals surface area contributed by atoms with E-state index in [1.54, 1.807) is 0 Å². The molecule has 0 bridgehead atoms. The van der Waals surface area contributed by atoms with Crippen molar-refractivity contribution in [3.63, 3.8) is 0 Å². The van der Waals surface area contributed by atoms with Gasteiger partial charge in [0.25, 0.3) is 0 Å². The fourth-order valence-electron chi connectivity index (χ4n) is 2.54. The lowest BCUT2D eigenvalue weighted by atomic mass is 10.1. The number of carbonyl (C=O) groups is 1. The minimum atomic E-state index is -0.588. The number of hydrogen-bond donors (Lipinski definition) is 1. The van der Waals surface area contributed by atoms with Crippen LogP contribution in [-0.4, -0.2) is 21.3 Å². The monoisotopic (exact) mass is 301 g/mol. The molecule has 2 N–H and O–H groups in total. The molecule has 0 heterocycles. The molecule has 120 valence electrons. The van der Waals surface area contributed by atoms with Crippen molar-refractivity contribution in [3.8, 4) is 0 Å². The van der Waals surface area contributed by atoms with Crippen molar-refractivity contribution in [1.29, 1.82) is 0 Å². The average Bonchev–Trinajstić information content (AvgIpc) is 2.42. The number of primary amides is 1. The molecule has 1 amide bonds. The van der Waals surface area contributed by atoms with Gasteiger partial charge in [-0.15, -0.1) is 0 Å². The summed E-state index contributed by atoms with van der Waals surface area (Å²) in [6.45, 7) is 4.44. The van der Waals surface area contributed by atoms with E-state index in [0.29, 0.717) is 0 Å². The second kappa shape index (κ2) is 14.9. The van der Waals surface area contributed by atoms with Gasteiger partial charge in [-0.1, -0.05) is 84.1 Å². The molecule has 0 aromatic rings. The van der Waals surface area contributed by atoms with Crippen LogP contribution in [0.5, 0.6) is 0 Å². The van der Waals surface area contributed by atoms with E-state index in [2.05, 4.69) is 13.8 Å². The van der Waals surface area contributed by atoms with Crippen molar-refractivity contribution in [2.24, 2.45) is 5.73 Å². The fraction of sp³-hybridized carbons (Fsp3) is 0.938. The molecule has 0 aliphatic rings. The van der Waals surface area contributed by atoms with Crippen LogP contribution in [-0.2, 0) is 4.74 Å². The lowest BCUT2D eigenvalue weighted by Gasteiger charge is -2.15. The molecule has 0 radical (unpaired) electrons. The van der Waals surface area contributed by atoms with E-state index in [-0.39, 0.29) is 15.2 Å². The van der Waals surface area contributed by atoms with Gasteiger partial charge in [0.15, 0.2) is 0 Å². The first-order chi connectivity index (χ1) is 9.70. The van der Waals surface area contributed by atoms with Crippen LogP contribution in [0.15, 0.2) is 0 Å². The Hall–Kier alpha value is -0.513. The molecule has 0 aromatic heterocycles. The van der Waals surface area contributed by atoms with E-state index in [1.165, 1.54) is 70.3 Å². The Balaban J connectivity index is 3.45. The van der Waals surface area contributed by atoms with Gasteiger partial charge in [0.2, 0.25) is 0 Å². The van der Waals surface area contributed by atoms with Crippen molar-refractivity contribution in [1.82, 2.24) is 0 Å². The zero-order valence-electron chi connectivity index (χ0n) is 13.7. The van der Waals surface area contributed by atoms with Gasteiger partial charge in [-0.05, 0) is 6.42 Å². The molecule has 0 saturated heterocycles. The van der Waals surface area contributed by atoms with E-state index in [0.717, 1.165) is 6.42 Å². The van der Waals surface area contributed by atoms with Crippen molar-refractivity contribution >= 4 is 15.6 Å². The average molecular weight is 302 g/mol. The van der Waals surface area contributed by atoms with Crippen molar-refractivity contribution in [2.75, 3.05) is 0 Å². The Bertz CT molecular complexity index is 225. The van der Waals surface area contributed by atoms with Crippen molar-refractivity contribution in [3.05, 3.63) is 0 Å². The van der Waals surface area contributed by atoms with E-state index < -0.39 is 6.09 Å². The number of amides is 1. The highest BCUT2D eigenvalue weighted by Gasteiger charge is 2.11. The minimum absolute atomic E-state index is 0.178. The third-order valence-corrected chi connectivity index (χ3v) is 6.13. The Morgan fingerprint density at radius 3 is 2.00 bits per heavy atom. The highest BCUT2D eigenvalue weighted by Crippen LogP contribution is 2.12. The van der Waals surface area contributed by atoms with Gasteiger partial charge in [0, 0.05) is 0 Å². The largest absolute Gasteiger partial charge is 0.451 e. The molecule has 0 spiro atoms. The third-order valence-electron chi connectivity index (χ3n) is 3.79. The Labute approximate surface area is 127 Å². The number of ether oxygens (including phenoxy) is 1. The molecular formula is C16H35NO2Si. The molecule has 1 atom stereocenters. The number of unbranched alkanes of at least 4 members (excludes halogenated alkanes) is 8. The molecule has 0 aromatic carbocycles. The molecule has 0 aliphatic carbocycles. The number of carbonyl (C=O) groups excluding carboxylic acids is 1. The minimum Gasteiger partial charge on any atom is -0.451 e. The quantitative estimate of drug-likeness (QED) is 0.383. The maximum absolute atomic E-state index is 10.9. The van der Waals surface area contributed by atoms with E-state index >= 15 is 0 Å². The molecule has 20 heavy (non-hydrogen) atoms. The first-order valence-electron chi connectivity index (χ1n) is 8.66. The smallest absolute Gasteiger partial charge is 0.404 e. The van der Waals surface area contributed by atoms with Gasteiger partial charge in [-0.3, -0.25) is 0 Å². The summed E-state index contributed by atoms with van der Waals surface area (Å²) in [6, 6.07) is 1.25. The Morgan fingerprint density at radius 2 is 1.50 bits per heavy atom. The van der Waals surface area contributed by atoms with Gasteiger partial charge < -0.3 is 10.5 Å². The summed E-state index contributed by atoms with van der Waals surface area (Å²) in [5.74, 6) is 0. The van der Waals surface area contributed by atoms with Gasteiger partial charge in [0.1, 0.15) is 0 Å². The zero-order chi connectivity index (χ0) is 15.1. The van der Waals surface area contributed by atoms with Crippen LogP contribution in [0.1, 0.15) is 84.5 Å². The molecule has 0 saturated carbocycles. The van der Waals surface area contributed by atoms with Crippen LogP contribution in [0.25, 0.3) is 0 Å². The summed E-state index contributed by atoms with van der Waals surface area (Å²) >= 11 is 0.